The number of carbonyl (C=O) groups excluding carboxylic acids is 2. The van der Waals surface area contributed by atoms with Gasteiger partial charge in [0.2, 0.25) is 15.7 Å². The Bertz CT molecular complexity index is 853. The number of benzene rings is 2. The molecule has 2 N–H and O–H groups in total. The molecule has 0 heterocycles. The van der Waals surface area contributed by atoms with Crippen LogP contribution in [0.3, 0.4) is 0 Å². The normalized spacial score (nSPS) is 11.2. The standard InChI is InChI=1S/C16H14F2N2O4S/c17-16(18)25(23,24)13-8-6-11(7-9-13)15(22)19-10-14(21)20-12-4-2-1-3-5-12/h1-9,16H,10H2,(H,19,22)(H,20,21). The fraction of sp³-hybridized carbons (Fsp3) is 0.125. The van der Waals surface area contributed by atoms with Crippen molar-refractivity contribution >= 4 is 27.3 Å². The van der Waals surface area contributed by atoms with Crippen molar-refractivity contribution in [1.29, 1.82) is 0 Å². The van der Waals surface area contributed by atoms with Crippen LogP contribution in [0.1, 0.15) is 10.4 Å². The molecule has 0 saturated carbocycles. The Labute approximate surface area is 142 Å². The van der Waals surface area contributed by atoms with Crippen molar-refractivity contribution in [2.75, 3.05) is 11.9 Å². The molecule has 2 aromatic carbocycles. The molecule has 0 aliphatic rings. The van der Waals surface area contributed by atoms with Crippen molar-refractivity contribution in [3.05, 3.63) is 60.2 Å². The molecule has 2 aromatic rings. The smallest absolute Gasteiger partial charge is 0.341 e. The maximum atomic E-state index is 12.4. The highest BCUT2D eigenvalue weighted by molar-refractivity contribution is 7.91. The van der Waals surface area contributed by atoms with Crippen LogP contribution in [-0.2, 0) is 14.6 Å². The summed E-state index contributed by atoms with van der Waals surface area (Å²) in [6, 6.07) is 12.7. The third kappa shape index (κ3) is 4.83. The van der Waals surface area contributed by atoms with Crippen molar-refractivity contribution in [1.82, 2.24) is 5.32 Å². The Hall–Kier alpha value is -2.81. The molecule has 2 amide bonds. The first-order valence-electron chi connectivity index (χ1n) is 7.06. The Morgan fingerprint density at radius 2 is 1.56 bits per heavy atom. The first kappa shape index (κ1) is 18.5. The summed E-state index contributed by atoms with van der Waals surface area (Å²) in [4.78, 5) is 23.0. The molecule has 0 unspecified atom stereocenters. The molecular formula is C16H14F2N2O4S. The minimum Gasteiger partial charge on any atom is -0.343 e. The van der Waals surface area contributed by atoms with Crippen molar-refractivity contribution < 1.29 is 26.8 Å². The first-order chi connectivity index (χ1) is 11.8. The number of rotatable bonds is 6. The van der Waals surface area contributed by atoms with E-state index in [2.05, 4.69) is 10.6 Å². The number of hydrogen-bond acceptors (Lipinski definition) is 4. The van der Waals surface area contributed by atoms with Crippen LogP contribution in [0.4, 0.5) is 14.5 Å². The van der Waals surface area contributed by atoms with E-state index >= 15 is 0 Å². The predicted octanol–water partition coefficient (Wildman–Crippen LogP) is 2.05. The number of carbonyl (C=O) groups is 2. The van der Waals surface area contributed by atoms with Crippen LogP contribution in [0.25, 0.3) is 0 Å². The molecule has 0 aliphatic heterocycles. The second-order valence-corrected chi connectivity index (χ2v) is 6.84. The van der Waals surface area contributed by atoms with Crippen LogP contribution in [0, 0.1) is 0 Å². The van der Waals surface area contributed by atoms with Gasteiger partial charge >= 0.3 is 5.76 Å². The van der Waals surface area contributed by atoms with E-state index in [1.165, 1.54) is 0 Å². The summed E-state index contributed by atoms with van der Waals surface area (Å²) >= 11 is 0. The van der Waals surface area contributed by atoms with E-state index in [0.29, 0.717) is 5.69 Å². The van der Waals surface area contributed by atoms with Gasteiger partial charge in [0.1, 0.15) is 0 Å². The average Bonchev–Trinajstić information content (AvgIpc) is 2.60. The number of amides is 2. The molecule has 0 radical (unpaired) electrons. The highest BCUT2D eigenvalue weighted by Gasteiger charge is 2.26. The quantitative estimate of drug-likeness (QED) is 0.816. The number of anilines is 1. The summed E-state index contributed by atoms with van der Waals surface area (Å²) in [6.07, 6.45) is 0. The number of sulfone groups is 1. The molecule has 0 fully saturated rings. The lowest BCUT2D eigenvalue weighted by Crippen LogP contribution is -2.32. The number of nitrogens with one attached hydrogen (secondary N) is 2. The lowest BCUT2D eigenvalue weighted by atomic mass is 10.2. The monoisotopic (exact) mass is 368 g/mol. The summed E-state index contributed by atoms with van der Waals surface area (Å²) in [7, 11) is -4.71. The highest BCUT2D eigenvalue weighted by Crippen LogP contribution is 2.18. The number of para-hydroxylation sites is 1. The van der Waals surface area contributed by atoms with Gasteiger partial charge in [-0.2, -0.15) is 8.78 Å². The van der Waals surface area contributed by atoms with Crippen molar-refractivity contribution in [3.63, 3.8) is 0 Å². The van der Waals surface area contributed by atoms with Crippen molar-refractivity contribution in [3.8, 4) is 0 Å². The largest absolute Gasteiger partial charge is 0.343 e. The van der Waals surface area contributed by atoms with Crippen LogP contribution in [-0.4, -0.2) is 32.5 Å². The highest BCUT2D eigenvalue weighted by atomic mass is 32.2. The van der Waals surface area contributed by atoms with Gasteiger partial charge in [0, 0.05) is 11.3 Å². The molecule has 0 spiro atoms. The second kappa shape index (κ2) is 7.84. The second-order valence-electron chi connectivity index (χ2n) is 4.93. The molecule has 2 rings (SSSR count). The molecule has 0 aromatic heterocycles. The van der Waals surface area contributed by atoms with Crippen LogP contribution >= 0.6 is 0 Å². The van der Waals surface area contributed by atoms with Gasteiger partial charge in [-0.1, -0.05) is 18.2 Å². The topological polar surface area (TPSA) is 92.3 Å². The van der Waals surface area contributed by atoms with E-state index < -0.39 is 32.3 Å². The molecule has 0 atom stereocenters. The molecular weight excluding hydrogens is 354 g/mol. The van der Waals surface area contributed by atoms with Crippen molar-refractivity contribution in [2.45, 2.75) is 10.7 Å². The third-order valence-corrected chi connectivity index (χ3v) is 4.55. The van der Waals surface area contributed by atoms with E-state index in [1.807, 2.05) is 0 Å². The number of hydrogen-bond donors (Lipinski definition) is 2. The summed E-state index contributed by atoms with van der Waals surface area (Å²) in [5, 5.41) is 4.93. The lowest BCUT2D eigenvalue weighted by molar-refractivity contribution is -0.115. The average molecular weight is 368 g/mol. The van der Waals surface area contributed by atoms with E-state index in [-0.39, 0.29) is 12.1 Å². The van der Waals surface area contributed by atoms with Crippen LogP contribution in [0.5, 0.6) is 0 Å². The summed E-state index contributed by atoms with van der Waals surface area (Å²) in [6.45, 7) is -0.301. The fourth-order valence-electron chi connectivity index (χ4n) is 1.89. The van der Waals surface area contributed by atoms with Gasteiger partial charge in [-0.25, -0.2) is 8.42 Å². The fourth-order valence-corrected chi connectivity index (χ4v) is 2.61. The zero-order chi connectivity index (χ0) is 18.4. The SMILES string of the molecule is O=C(CNC(=O)c1ccc(S(=O)(=O)C(F)F)cc1)Nc1ccccc1. The van der Waals surface area contributed by atoms with Gasteiger partial charge in [0.15, 0.2) is 0 Å². The molecule has 25 heavy (non-hydrogen) atoms. The van der Waals surface area contributed by atoms with Crippen LogP contribution in [0.15, 0.2) is 59.5 Å². The summed E-state index contributed by atoms with van der Waals surface area (Å²) < 4.78 is 47.5. The summed E-state index contributed by atoms with van der Waals surface area (Å²) in [5.74, 6) is -4.62. The van der Waals surface area contributed by atoms with Gasteiger partial charge < -0.3 is 10.6 Å². The van der Waals surface area contributed by atoms with E-state index in [9.17, 15) is 26.8 Å². The molecule has 0 saturated heterocycles. The van der Waals surface area contributed by atoms with E-state index in [0.717, 1.165) is 24.3 Å². The predicted molar refractivity (Wildman–Crippen MR) is 87.0 cm³/mol. The van der Waals surface area contributed by atoms with E-state index in [1.54, 1.807) is 30.3 Å². The molecule has 6 nitrogen and oxygen atoms in total. The van der Waals surface area contributed by atoms with Crippen molar-refractivity contribution in [2.24, 2.45) is 0 Å². The van der Waals surface area contributed by atoms with Crippen LogP contribution < -0.4 is 10.6 Å². The Morgan fingerprint density at radius 1 is 0.960 bits per heavy atom. The molecule has 132 valence electrons. The lowest BCUT2D eigenvalue weighted by Gasteiger charge is -2.08. The zero-order valence-electron chi connectivity index (χ0n) is 12.8. The number of alkyl halides is 2. The van der Waals surface area contributed by atoms with Gasteiger partial charge in [0.05, 0.1) is 11.4 Å². The molecule has 0 bridgehead atoms. The Kier molecular flexibility index (Phi) is 5.81. The van der Waals surface area contributed by atoms with Gasteiger partial charge in [-0.05, 0) is 36.4 Å². The van der Waals surface area contributed by atoms with Gasteiger partial charge in [-0.15, -0.1) is 0 Å². The van der Waals surface area contributed by atoms with Crippen LogP contribution in [0.2, 0.25) is 0 Å². The van der Waals surface area contributed by atoms with Gasteiger partial charge in [0.25, 0.3) is 5.91 Å². The maximum Gasteiger partial charge on any atom is 0.341 e. The van der Waals surface area contributed by atoms with E-state index in [4.69, 9.17) is 0 Å². The number of halogens is 2. The van der Waals surface area contributed by atoms with Gasteiger partial charge in [-0.3, -0.25) is 9.59 Å². The Balaban J connectivity index is 1.94. The Morgan fingerprint density at radius 3 is 2.12 bits per heavy atom. The zero-order valence-corrected chi connectivity index (χ0v) is 13.6. The molecule has 9 heteroatoms. The third-order valence-electron chi connectivity index (χ3n) is 3.15. The first-order valence-corrected chi connectivity index (χ1v) is 8.60. The maximum absolute atomic E-state index is 12.4. The minimum absolute atomic E-state index is 0.0423. The summed E-state index contributed by atoms with van der Waals surface area (Å²) in [5.41, 5.74) is 0.615. The molecule has 0 aliphatic carbocycles. The minimum atomic E-state index is -4.71.